The van der Waals surface area contributed by atoms with Gasteiger partial charge in [0.05, 0.1) is 0 Å². The summed E-state index contributed by atoms with van der Waals surface area (Å²) in [6.45, 7) is 1.92. The molecule has 6 heteroatoms. The molecular formula is C13H18N2O4. The van der Waals surface area contributed by atoms with Gasteiger partial charge in [-0.15, -0.1) is 0 Å². The number of nitrogens with zero attached hydrogens (tertiary/aromatic N) is 1. The van der Waals surface area contributed by atoms with Crippen LogP contribution in [0.4, 0.5) is 5.82 Å². The van der Waals surface area contributed by atoms with Crippen molar-refractivity contribution in [3.05, 3.63) is 23.9 Å². The van der Waals surface area contributed by atoms with Crippen LogP contribution in [0.5, 0.6) is 0 Å². The van der Waals surface area contributed by atoms with Gasteiger partial charge in [0.25, 0.3) is 0 Å². The molecule has 0 saturated carbocycles. The molecule has 2 unspecified atom stereocenters. The Balaban J connectivity index is 1.99. The predicted octanol–water partition coefficient (Wildman–Crippen LogP) is 0.837. The summed E-state index contributed by atoms with van der Waals surface area (Å²) in [5.74, 6) is -0.312. The van der Waals surface area contributed by atoms with Gasteiger partial charge < -0.3 is 20.3 Å². The Bertz CT molecular complexity index is 432. The van der Waals surface area contributed by atoms with Crippen LogP contribution >= 0.6 is 0 Å². The highest BCUT2D eigenvalue weighted by atomic mass is 16.5. The fraction of sp³-hybridized carbons (Fsp3) is 0.538. The summed E-state index contributed by atoms with van der Waals surface area (Å²) in [4.78, 5) is 15.1. The van der Waals surface area contributed by atoms with Gasteiger partial charge in [-0.2, -0.15) is 0 Å². The number of ether oxygens (including phenoxy) is 1. The molecule has 0 bridgehead atoms. The van der Waals surface area contributed by atoms with Crippen molar-refractivity contribution in [2.45, 2.75) is 6.42 Å². The van der Waals surface area contributed by atoms with E-state index in [4.69, 9.17) is 9.84 Å². The third kappa shape index (κ3) is 3.42. The molecule has 0 radical (unpaired) electrons. The van der Waals surface area contributed by atoms with Crippen molar-refractivity contribution in [2.75, 3.05) is 31.7 Å². The molecule has 0 amide bonds. The number of aromatic carboxylic acids is 1. The maximum absolute atomic E-state index is 11.0. The number of nitrogens with one attached hydrogen (secondary N) is 1. The first-order chi connectivity index (χ1) is 9.22. The van der Waals surface area contributed by atoms with E-state index in [-0.39, 0.29) is 18.1 Å². The Hall–Kier alpha value is -1.66. The topological polar surface area (TPSA) is 91.7 Å². The Kier molecular flexibility index (Phi) is 4.70. The molecule has 0 aromatic carbocycles. The lowest BCUT2D eigenvalue weighted by molar-refractivity contribution is 0.0697. The van der Waals surface area contributed by atoms with Crippen molar-refractivity contribution in [1.29, 1.82) is 0 Å². The molecule has 1 aliphatic rings. The minimum Gasteiger partial charge on any atom is -0.478 e. The number of pyridine rings is 1. The maximum atomic E-state index is 11.0. The summed E-state index contributed by atoms with van der Waals surface area (Å²) in [6.07, 6.45) is 2.47. The zero-order chi connectivity index (χ0) is 13.7. The summed E-state index contributed by atoms with van der Waals surface area (Å²) in [5.41, 5.74) is 0.141. The van der Waals surface area contributed by atoms with Gasteiger partial charge in [-0.3, -0.25) is 0 Å². The maximum Gasteiger partial charge on any atom is 0.339 e. The van der Waals surface area contributed by atoms with Crippen LogP contribution in [-0.2, 0) is 4.74 Å². The van der Waals surface area contributed by atoms with Crippen molar-refractivity contribution in [2.24, 2.45) is 11.8 Å². The van der Waals surface area contributed by atoms with E-state index >= 15 is 0 Å². The van der Waals surface area contributed by atoms with Crippen LogP contribution in [0.1, 0.15) is 16.8 Å². The van der Waals surface area contributed by atoms with E-state index < -0.39 is 5.97 Å². The highest BCUT2D eigenvalue weighted by Crippen LogP contribution is 2.22. The van der Waals surface area contributed by atoms with E-state index in [1.54, 1.807) is 12.3 Å². The Morgan fingerprint density at radius 1 is 1.63 bits per heavy atom. The van der Waals surface area contributed by atoms with Gasteiger partial charge >= 0.3 is 5.97 Å². The van der Waals surface area contributed by atoms with Crippen LogP contribution in [0.25, 0.3) is 0 Å². The number of carboxylic acid groups (broad SMARTS) is 1. The Morgan fingerprint density at radius 2 is 2.47 bits per heavy atom. The normalized spacial score (nSPS) is 20.2. The van der Waals surface area contributed by atoms with Gasteiger partial charge in [0.1, 0.15) is 11.4 Å². The smallest absolute Gasteiger partial charge is 0.339 e. The molecule has 6 nitrogen and oxygen atoms in total. The van der Waals surface area contributed by atoms with Gasteiger partial charge in [-0.05, 0) is 24.5 Å². The third-order valence-corrected chi connectivity index (χ3v) is 3.44. The Morgan fingerprint density at radius 3 is 3.11 bits per heavy atom. The van der Waals surface area contributed by atoms with E-state index in [1.807, 2.05) is 0 Å². The summed E-state index contributed by atoms with van der Waals surface area (Å²) in [7, 11) is 0. The van der Waals surface area contributed by atoms with E-state index in [2.05, 4.69) is 10.3 Å². The molecule has 0 aliphatic carbocycles. The van der Waals surface area contributed by atoms with Crippen molar-refractivity contribution in [3.8, 4) is 0 Å². The minimum absolute atomic E-state index is 0.0474. The lowest BCUT2D eigenvalue weighted by Crippen LogP contribution is -2.27. The summed E-state index contributed by atoms with van der Waals surface area (Å²) in [6, 6.07) is 3.09. The third-order valence-electron chi connectivity index (χ3n) is 3.44. The number of hydrogen-bond donors (Lipinski definition) is 3. The summed E-state index contributed by atoms with van der Waals surface area (Å²) < 4.78 is 5.31. The molecule has 2 heterocycles. The molecule has 2 rings (SSSR count). The average molecular weight is 266 g/mol. The predicted molar refractivity (Wildman–Crippen MR) is 69.2 cm³/mol. The number of aliphatic hydroxyl groups is 1. The van der Waals surface area contributed by atoms with Crippen LogP contribution in [0.15, 0.2) is 18.3 Å². The van der Waals surface area contributed by atoms with E-state index in [1.165, 1.54) is 6.07 Å². The number of aromatic nitrogens is 1. The summed E-state index contributed by atoms with van der Waals surface area (Å²) >= 11 is 0. The lowest BCUT2D eigenvalue weighted by atomic mass is 9.92. The van der Waals surface area contributed by atoms with Gasteiger partial charge in [-0.1, -0.05) is 0 Å². The SMILES string of the molecule is O=C(O)c1cccnc1NCC(CO)C1CCOC1. The molecular weight excluding hydrogens is 248 g/mol. The second-order valence-corrected chi connectivity index (χ2v) is 4.65. The number of carboxylic acids is 1. The molecule has 19 heavy (non-hydrogen) atoms. The highest BCUT2D eigenvalue weighted by Gasteiger charge is 2.25. The fourth-order valence-corrected chi connectivity index (χ4v) is 2.25. The van der Waals surface area contributed by atoms with Crippen LogP contribution < -0.4 is 5.32 Å². The number of carbonyl (C=O) groups is 1. The zero-order valence-electron chi connectivity index (χ0n) is 10.6. The standard InChI is InChI=1S/C13H18N2O4/c16-7-10(9-3-5-19-8-9)6-15-12-11(13(17)18)2-1-4-14-12/h1-2,4,9-10,16H,3,5-8H2,(H,14,15)(H,17,18). The largest absolute Gasteiger partial charge is 0.478 e. The average Bonchev–Trinajstić information content (AvgIpc) is 2.94. The second-order valence-electron chi connectivity index (χ2n) is 4.65. The number of hydrogen-bond acceptors (Lipinski definition) is 5. The van der Waals surface area contributed by atoms with E-state index in [0.29, 0.717) is 24.9 Å². The lowest BCUT2D eigenvalue weighted by Gasteiger charge is -2.21. The molecule has 1 saturated heterocycles. The van der Waals surface area contributed by atoms with Crippen molar-refractivity contribution >= 4 is 11.8 Å². The molecule has 0 spiro atoms. The molecule has 3 N–H and O–H groups in total. The van der Waals surface area contributed by atoms with Gasteiger partial charge in [0.2, 0.25) is 0 Å². The molecule has 1 aromatic rings. The number of rotatable bonds is 6. The second kappa shape index (κ2) is 6.49. The first kappa shape index (κ1) is 13.8. The summed E-state index contributed by atoms with van der Waals surface area (Å²) in [5, 5.41) is 21.5. The molecule has 1 fully saturated rings. The van der Waals surface area contributed by atoms with E-state index in [9.17, 15) is 9.90 Å². The number of anilines is 1. The first-order valence-corrected chi connectivity index (χ1v) is 6.33. The van der Waals surface area contributed by atoms with Crippen molar-refractivity contribution < 1.29 is 19.7 Å². The fourth-order valence-electron chi connectivity index (χ4n) is 2.25. The van der Waals surface area contributed by atoms with Crippen LogP contribution in [0, 0.1) is 11.8 Å². The number of aliphatic hydroxyl groups excluding tert-OH is 1. The molecule has 1 aliphatic heterocycles. The first-order valence-electron chi connectivity index (χ1n) is 6.33. The molecule has 1 aromatic heterocycles. The highest BCUT2D eigenvalue weighted by molar-refractivity contribution is 5.92. The van der Waals surface area contributed by atoms with Crippen molar-refractivity contribution in [3.63, 3.8) is 0 Å². The molecule has 104 valence electrons. The van der Waals surface area contributed by atoms with Crippen LogP contribution in [0.3, 0.4) is 0 Å². The van der Waals surface area contributed by atoms with Crippen molar-refractivity contribution in [1.82, 2.24) is 4.98 Å². The van der Waals surface area contributed by atoms with Gasteiger partial charge in [0.15, 0.2) is 0 Å². The van der Waals surface area contributed by atoms with Crippen LogP contribution in [0.2, 0.25) is 0 Å². The minimum atomic E-state index is -1.01. The Labute approximate surface area is 111 Å². The van der Waals surface area contributed by atoms with Crippen LogP contribution in [-0.4, -0.2) is 47.5 Å². The van der Waals surface area contributed by atoms with E-state index in [0.717, 1.165) is 13.0 Å². The molecule has 2 atom stereocenters. The zero-order valence-corrected chi connectivity index (χ0v) is 10.6. The quantitative estimate of drug-likeness (QED) is 0.706. The van der Waals surface area contributed by atoms with Gasteiger partial charge in [0, 0.05) is 38.5 Å². The monoisotopic (exact) mass is 266 g/mol. The van der Waals surface area contributed by atoms with Gasteiger partial charge in [-0.25, -0.2) is 9.78 Å².